The number of aromatic nitrogens is 4. The number of hydrogen-bond donors (Lipinski definition) is 1. The molecule has 0 aliphatic rings. The molecule has 0 saturated heterocycles. The van der Waals surface area contributed by atoms with Gasteiger partial charge < -0.3 is 4.74 Å². The molecule has 0 spiro atoms. The monoisotopic (exact) mass is 370 g/mol. The van der Waals surface area contributed by atoms with Gasteiger partial charge in [0, 0.05) is 8.96 Å². The van der Waals surface area contributed by atoms with E-state index in [4.69, 9.17) is 0 Å². The highest BCUT2D eigenvalue weighted by atomic mass is 127. The van der Waals surface area contributed by atoms with Gasteiger partial charge in [0.2, 0.25) is 0 Å². The zero-order chi connectivity index (χ0) is 13.6. The van der Waals surface area contributed by atoms with Crippen molar-refractivity contribution < 1.29 is 9.53 Å². The molecule has 0 unspecified atom stereocenters. The number of hydrogen-bond acceptors (Lipinski definition) is 5. The van der Waals surface area contributed by atoms with Crippen molar-refractivity contribution in [2.24, 2.45) is 0 Å². The van der Waals surface area contributed by atoms with E-state index in [1.54, 1.807) is 6.07 Å². The van der Waals surface area contributed by atoms with Crippen molar-refractivity contribution in [1.82, 2.24) is 19.8 Å². The van der Waals surface area contributed by atoms with Crippen LogP contribution in [-0.4, -0.2) is 32.9 Å². The maximum Gasteiger partial charge on any atom is 0.368 e. The predicted molar refractivity (Wildman–Crippen MR) is 75.2 cm³/mol. The van der Waals surface area contributed by atoms with Gasteiger partial charge in [-0.05, 0) is 40.8 Å². The summed E-state index contributed by atoms with van der Waals surface area (Å²) >= 11 is 2.14. The average molecular weight is 370 g/mol. The molecule has 7 nitrogen and oxygen atoms in total. The highest BCUT2D eigenvalue weighted by Gasteiger charge is 2.19. The van der Waals surface area contributed by atoms with Crippen LogP contribution in [0.3, 0.4) is 0 Å². The molecule has 0 saturated carbocycles. The number of carbonyl (C=O) groups excluding carboxylic acids is 1. The second-order valence-electron chi connectivity index (χ2n) is 3.79. The Bertz CT molecular complexity index is 867. The minimum atomic E-state index is -0.607. The lowest BCUT2D eigenvalue weighted by atomic mass is 10.2. The quantitative estimate of drug-likeness (QED) is 0.509. The molecular formula is C11H7IN4O3. The normalized spacial score (nSPS) is 11.1. The van der Waals surface area contributed by atoms with E-state index in [0.29, 0.717) is 16.4 Å². The van der Waals surface area contributed by atoms with Crippen molar-refractivity contribution in [1.29, 1.82) is 0 Å². The molecule has 0 aliphatic carbocycles. The first kappa shape index (κ1) is 12.1. The molecule has 2 aromatic heterocycles. The van der Waals surface area contributed by atoms with Crippen molar-refractivity contribution in [2.75, 3.05) is 7.11 Å². The number of methoxy groups -OCH3 is 1. The number of esters is 1. The van der Waals surface area contributed by atoms with E-state index in [0.717, 1.165) is 8.09 Å². The minimum Gasteiger partial charge on any atom is -0.464 e. The number of halogens is 1. The number of carbonyl (C=O) groups is 1. The Labute approximate surface area is 119 Å². The van der Waals surface area contributed by atoms with Gasteiger partial charge in [0.25, 0.3) is 0 Å². The summed E-state index contributed by atoms with van der Waals surface area (Å²) in [5, 5.41) is 6.97. The first-order valence-electron chi connectivity index (χ1n) is 5.26. The third kappa shape index (κ3) is 1.79. The van der Waals surface area contributed by atoms with Crippen molar-refractivity contribution in [3.8, 4) is 0 Å². The van der Waals surface area contributed by atoms with Crippen molar-refractivity contribution in [3.05, 3.63) is 37.9 Å². The van der Waals surface area contributed by atoms with Crippen LogP contribution in [-0.2, 0) is 4.74 Å². The fraction of sp³-hybridized carbons (Fsp3) is 0.0909. The van der Waals surface area contributed by atoms with Crippen molar-refractivity contribution >= 4 is 45.0 Å². The second-order valence-corrected chi connectivity index (χ2v) is 5.04. The summed E-state index contributed by atoms with van der Waals surface area (Å²) in [4.78, 5) is 27.4. The molecular weight excluding hydrogens is 363 g/mol. The van der Waals surface area contributed by atoms with E-state index < -0.39 is 11.7 Å². The average Bonchev–Trinajstić information content (AvgIpc) is 2.84. The van der Waals surface area contributed by atoms with Crippen LogP contribution in [0.4, 0.5) is 0 Å². The van der Waals surface area contributed by atoms with Crippen LogP contribution >= 0.6 is 22.6 Å². The number of H-pyrrole nitrogens is 1. The molecule has 0 radical (unpaired) electrons. The number of benzene rings is 1. The molecule has 8 heteroatoms. The summed E-state index contributed by atoms with van der Waals surface area (Å²) in [6, 6.07) is 5.40. The number of nitrogens with zero attached hydrogens (tertiary/aromatic N) is 3. The number of aromatic amines is 1. The van der Waals surface area contributed by atoms with E-state index in [1.807, 2.05) is 12.1 Å². The molecule has 3 rings (SSSR count). The summed E-state index contributed by atoms with van der Waals surface area (Å²) in [6.45, 7) is 0. The molecule has 1 aromatic carbocycles. The maximum atomic E-state index is 11.8. The second kappa shape index (κ2) is 4.30. The van der Waals surface area contributed by atoms with Crippen LogP contribution in [0, 0.1) is 3.57 Å². The number of fused-ring (bicyclic) bond motifs is 3. The van der Waals surface area contributed by atoms with Gasteiger partial charge in [-0.15, -0.1) is 5.10 Å². The molecule has 1 N–H and O–H groups in total. The van der Waals surface area contributed by atoms with Crippen LogP contribution in [0.1, 0.15) is 10.5 Å². The fourth-order valence-corrected chi connectivity index (χ4v) is 2.37. The zero-order valence-electron chi connectivity index (χ0n) is 9.68. The lowest BCUT2D eigenvalue weighted by Crippen LogP contribution is -2.17. The molecule has 0 aliphatic heterocycles. The Hall–Kier alpha value is -1.97. The molecule has 0 fully saturated rings. The first-order chi connectivity index (χ1) is 9.11. The third-order valence-corrected chi connectivity index (χ3v) is 3.38. The Balaban J connectivity index is 2.55. The van der Waals surface area contributed by atoms with E-state index in [-0.39, 0.29) is 5.69 Å². The number of ether oxygens (including phenoxy) is 1. The Morgan fingerprint density at radius 3 is 3.00 bits per heavy atom. The van der Waals surface area contributed by atoms with Gasteiger partial charge in [0.15, 0.2) is 5.69 Å². The van der Waals surface area contributed by atoms with Crippen LogP contribution in [0.5, 0.6) is 0 Å². The first-order valence-corrected chi connectivity index (χ1v) is 6.34. The topological polar surface area (TPSA) is 89.4 Å². The van der Waals surface area contributed by atoms with Gasteiger partial charge in [-0.25, -0.2) is 14.8 Å². The predicted octanol–water partition coefficient (Wildman–Crippen LogP) is 0.962. The molecule has 3 aromatic rings. The highest BCUT2D eigenvalue weighted by Crippen LogP contribution is 2.21. The van der Waals surface area contributed by atoms with Gasteiger partial charge in [-0.3, -0.25) is 0 Å². The highest BCUT2D eigenvalue weighted by molar-refractivity contribution is 14.1. The van der Waals surface area contributed by atoms with E-state index >= 15 is 0 Å². The van der Waals surface area contributed by atoms with Crippen molar-refractivity contribution in [3.63, 3.8) is 0 Å². The van der Waals surface area contributed by atoms with Gasteiger partial charge in [0.05, 0.1) is 12.6 Å². The summed E-state index contributed by atoms with van der Waals surface area (Å²) in [5.41, 5.74) is 0.428. The SMILES string of the molecule is COC(=O)c1n[nH]n2c(=O)nc3ccc(I)cc3c12. The standard InChI is InChI=1S/C11H7IN4O3/c1-19-10(17)8-9-6-4-5(12)2-3-7(6)13-11(18)16(9)15-14-8/h2-4,15H,1H3. The Morgan fingerprint density at radius 2 is 2.26 bits per heavy atom. The van der Waals surface area contributed by atoms with Crippen LogP contribution in [0.2, 0.25) is 0 Å². The molecule has 0 bridgehead atoms. The summed E-state index contributed by atoms with van der Waals surface area (Å²) < 4.78 is 6.75. The fourth-order valence-electron chi connectivity index (χ4n) is 1.88. The molecule has 0 atom stereocenters. The molecule has 0 amide bonds. The lowest BCUT2D eigenvalue weighted by molar-refractivity contribution is 0.0596. The van der Waals surface area contributed by atoms with Crippen LogP contribution < -0.4 is 5.69 Å². The van der Waals surface area contributed by atoms with E-state index in [1.165, 1.54) is 7.11 Å². The third-order valence-electron chi connectivity index (χ3n) is 2.71. The number of rotatable bonds is 1. The Morgan fingerprint density at radius 1 is 1.47 bits per heavy atom. The summed E-state index contributed by atoms with van der Waals surface area (Å²) in [5.74, 6) is -0.607. The molecule has 2 heterocycles. The van der Waals surface area contributed by atoms with Gasteiger partial charge >= 0.3 is 11.7 Å². The van der Waals surface area contributed by atoms with Gasteiger partial charge in [-0.2, -0.15) is 9.50 Å². The smallest absolute Gasteiger partial charge is 0.368 e. The zero-order valence-corrected chi connectivity index (χ0v) is 11.8. The Kier molecular flexibility index (Phi) is 2.73. The minimum absolute atomic E-state index is 0.0639. The largest absolute Gasteiger partial charge is 0.464 e. The van der Waals surface area contributed by atoms with Crippen LogP contribution in [0.25, 0.3) is 16.4 Å². The summed E-state index contributed by atoms with van der Waals surface area (Å²) in [7, 11) is 1.26. The summed E-state index contributed by atoms with van der Waals surface area (Å²) in [6.07, 6.45) is 0. The molecule has 19 heavy (non-hydrogen) atoms. The lowest BCUT2D eigenvalue weighted by Gasteiger charge is -2.01. The van der Waals surface area contributed by atoms with Gasteiger partial charge in [-0.1, -0.05) is 0 Å². The maximum absolute atomic E-state index is 11.8. The van der Waals surface area contributed by atoms with E-state index in [9.17, 15) is 9.59 Å². The van der Waals surface area contributed by atoms with E-state index in [2.05, 4.69) is 42.6 Å². The van der Waals surface area contributed by atoms with Crippen molar-refractivity contribution in [2.45, 2.75) is 0 Å². The van der Waals surface area contributed by atoms with Crippen LogP contribution in [0.15, 0.2) is 23.0 Å². The number of nitrogens with one attached hydrogen (secondary N) is 1. The molecule has 96 valence electrons. The van der Waals surface area contributed by atoms with Gasteiger partial charge in [0.1, 0.15) is 5.52 Å².